The van der Waals surface area contributed by atoms with E-state index in [9.17, 15) is 9.59 Å². The molecule has 2 aliphatic rings. The maximum absolute atomic E-state index is 13.1. The number of hydrogen-bond acceptors (Lipinski definition) is 4. The highest BCUT2D eigenvalue weighted by atomic mass is 32.1. The minimum atomic E-state index is -0.593. The Morgan fingerprint density at radius 1 is 1.32 bits per heavy atom. The monoisotopic (exact) mass is 354 g/mol. The molecular formula is C19H18N2O3S. The van der Waals surface area contributed by atoms with Crippen molar-refractivity contribution < 1.29 is 14.3 Å². The van der Waals surface area contributed by atoms with E-state index >= 15 is 0 Å². The van der Waals surface area contributed by atoms with Gasteiger partial charge in [-0.3, -0.25) is 9.59 Å². The summed E-state index contributed by atoms with van der Waals surface area (Å²) in [4.78, 5) is 27.4. The van der Waals surface area contributed by atoms with Crippen LogP contribution in [0.5, 0.6) is 0 Å². The van der Waals surface area contributed by atoms with Gasteiger partial charge in [-0.15, -0.1) is 6.58 Å². The van der Waals surface area contributed by atoms with E-state index in [1.54, 1.807) is 28.4 Å². The van der Waals surface area contributed by atoms with Crippen LogP contribution in [0.4, 0.5) is 5.69 Å². The van der Waals surface area contributed by atoms with Crippen LogP contribution < -0.4 is 5.32 Å². The summed E-state index contributed by atoms with van der Waals surface area (Å²) in [7, 11) is 0. The molecule has 3 heterocycles. The molecule has 25 heavy (non-hydrogen) atoms. The van der Waals surface area contributed by atoms with Crippen molar-refractivity contribution in [3.63, 3.8) is 0 Å². The van der Waals surface area contributed by atoms with Gasteiger partial charge in [0, 0.05) is 6.54 Å². The Morgan fingerprint density at radius 3 is 2.96 bits per heavy atom. The predicted octanol–water partition coefficient (Wildman–Crippen LogP) is 3.15. The van der Waals surface area contributed by atoms with Crippen molar-refractivity contribution in [1.82, 2.24) is 4.90 Å². The number of ether oxygens (including phenoxy) is 1. The third-order valence-corrected chi connectivity index (χ3v) is 5.35. The van der Waals surface area contributed by atoms with Gasteiger partial charge < -0.3 is 15.0 Å². The lowest BCUT2D eigenvalue weighted by Gasteiger charge is -2.24. The highest BCUT2D eigenvalue weighted by molar-refractivity contribution is 7.08. The number of anilines is 1. The minimum Gasteiger partial charge on any atom is -0.371 e. The minimum absolute atomic E-state index is 0.125. The van der Waals surface area contributed by atoms with Crippen LogP contribution in [0.2, 0.25) is 0 Å². The van der Waals surface area contributed by atoms with Gasteiger partial charge in [-0.05, 0) is 46.5 Å². The normalized spacial score (nSPS) is 22.2. The van der Waals surface area contributed by atoms with Crippen LogP contribution >= 0.6 is 11.3 Å². The second-order valence-corrected chi connectivity index (χ2v) is 6.93. The molecule has 128 valence electrons. The van der Waals surface area contributed by atoms with Crippen molar-refractivity contribution >= 4 is 28.8 Å². The zero-order chi connectivity index (χ0) is 17.4. The van der Waals surface area contributed by atoms with Gasteiger partial charge in [0.05, 0.1) is 24.0 Å². The van der Waals surface area contributed by atoms with Gasteiger partial charge in [-0.25, -0.2) is 0 Å². The fourth-order valence-electron chi connectivity index (χ4n) is 3.47. The number of nitrogens with zero attached hydrogens (tertiary/aromatic N) is 1. The second kappa shape index (κ2) is 6.46. The van der Waals surface area contributed by atoms with Gasteiger partial charge in [0.15, 0.2) is 0 Å². The van der Waals surface area contributed by atoms with Crippen LogP contribution in [0.3, 0.4) is 0 Å². The van der Waals surface area contributed by atoms with Crippen molar-refractivity contribution in [2.24, 2.45) is 0 Å². The maximum Gasteiger partial charge on any atom is 0.256 e. The molecule has 0 radical (unpaired) electrons. The Labute approximate surface area is 149 Å². The summed E-state index contributed by atoms with van der Waals surface area (Å²) in [6, 6.07) is 7.02. The van der Waals surface area contributed by atoms with Gasteiger partial charge in [0.25, 0.3) is 5.91 Å². The maximum atomic E-state index is 13.1. The molecule has 1 N–H and O–H groups in total. The Balaban J connectivity index is 1.70. The van der Waals surface area contributed by atoms with Crippen molar-refractivity contribution in [1.29, 1.82) is 0 Å². The summed E-state index contributed by atoms with van der Waals surface area (Å²) in [6.07, 6.45) is 2.01. The molecule has 2 amide bonds. The number of carbonyl (C=O) groups is 2. The Morgan fingerprint density at radius 2 is 2.20 bits per heavy atom. The molecule has 2 aliphatic heterocycles. The Kier molecular flexibility index (Phi) is 4.15. The van der Waals surface area contributed by atoms with Crippen LogP contribution in [0.15, 0.2) is 47.7 Å². The molecule has 5 nitrogen and oxygen atoms in total. The van der Waals surface area contributed by atoms with Gasteiger partial charge in [-0.2, -0.15) is 11.3 Å². The fourth-order valence-corrected chi connectivity index (χ4v) is 4.13. The quantitative estimate of drug-likeness (QED) is 0.858. The van der Waals surface area contributed by atoms with Crippen molar-refractivity contribution in [2.45, 2.75) is 18.6 Å². The molecule has 2 aromatic rings. The molecule has 2 atom stereocenters. The fraction of sp³-hybridized carbons (Fsp3) is 0.263. The van der Waals surface area contributed by atoms with Gasteiger partial charge in [0.1, 0.15) is 6.04 Å². The highest BCUT2D eigenvalue weighted by Gasteiger charge is 2.45. The number of carbonyl (C=O) groups excluding carboxylic acids is 2. The van der Waals surface area contributed by atoms with Crippen LogP contribution in [0.25, 0.3) is 11.1 Å². The van der Waals surface area contributed by atoms with Crippen molar-refractivity contribution in [2.75, 3.05) is 18.5 Å². The molecule has 1 fully saturated rings. The third-order valence-electron chi connectivity index (χ3n) is 4.66. The predicted molar refractivity (Wildman–Crippen MR) is 97.8 cm³/mol. The number of benzene rings is 1. The zero-order valence-electron chi connectivity index (χ0n) is 13.6. The highest BCUT2D eigenvalue weighted by Crippen LogP contribution is 2.33. The molecular weight excluding hydrogens is 336 g/mol. The Bertz CT molecular complexity index is 831. The second-order valence-electron chi connectivity index (χ2n) is 6.15. The first-order valence-corrected chi connectivity index (χ1v) is 9.14. The molecule has 4 rings (SSSR count). The van der Waals surface area contributed by atoms with Gasteiger partial charge in [0.2, 0.25) is 5.91 Å². The first-order valence-electron chi connectivity index (χ1n) is 8.20. The summed E-state index contributed by atoms with van der Waals surface area (Å²) in [6.45, 7) is 4.52. The smallest absolute Gasteiger partial charge is 0.256 e. The van der Waals surface area contributed by atoms with Gasteiger partial charge in [-0.1, -0.05) is 12.1 Å². The number of amides is 2. The topological polar surface area (TPSA) is 58.6 Å². The van der Waals surface area contributed by atoms with E-state index in [4.69, 9.17) is 4.74 Å². The van der Waals surface area contributed by atoms with Crippen LogP contribution in [0, 0.1) is 0 Å². The third kappa shape index (κ3) is 2.77. The van der Waals surface area contributed by atoms with E-state index in [1.165, 1.54) is 0 Å². The summed E-state index contributed by atoms with van der Waals surface area (Å²) in [5.74, 6) is -0.318. The van der Waals surface area contributed by atoms with E-state index in [0.29, 0.717) is 30.8 Å². The van der Waals surface area contributed by atoms with Crippen LogP contribution in [-0.4, -0.2) is 42.0 Å². The average molecular weight is 354 g/mol. The Hall–Kier alpha value is -2.44. The summed E-state index contributed by atoms with van der Waals surface area (Å²) in [5.41, 5.74) is 3.14. The molecule has 1 saturated heterocycles. The molecule has 0 spiro atoms. The lowest BCUT2D eigenvalue weighted by molar-refractivity contribution is -0.122. The molecule has 0 saturated carbocycles. The van der Waals surface area contributed by atoms with Crippen molar-refractivity contribution in [3.05, 3.63) is 53.2 Å². The number of rotatable bonds is 4. The molecule has 0 aliphatic carbocycles. The summed E-state index contributed by atoms with van der Waals surface area (Å²) < 4.78 is 5.71. The first-order chi connectivity index (χ1) is 12.2. The van der Waals surface area contributed by atoms with E-state index in [-0.39, 0.29) is 17.9 Å². The van der Waals surface area contributed by atoms with Gasteiger partial charge >= 0.3 is 0 Å². The molecule has 1 aromatic carbocycles. The molecule has 0 unspecified atom stereocenters. The number of fused-ring (bicyclic) bond motifs is 2. The van der Waals surface area contributed by atoms with E-state index in [0.717, 1.165) is 11.1 Å². The number of thiophene rings is 1. The standard InChI is InChI=1S/C19H18N2O3S/c1-2-8-24-16-5-7-21-17(16)18(22)20-15-4-3-12(10-14(15)19(21)23)13-6-9-25-11-13/h2-4,6,9-11,16-17H,1,5,7-8H2,(H,20,22)/t16-,17-/m0/s1. The molecule has 6 heteroatoms. The van der Waals surface area contributed by atoms with E-state index < -0.39 is 6.04 Å². The largest absolute Gasteiger partial charge is 0.371 e. The average Bonchev–Trinajstić information content (AvgIpc) is 3.27. The molecule has 0 bridgehead atoms. The van der Waals surface area contributed by atoms with Crippen LogP contribution in [0.1, 0.15) is 16.8 Å². The number of nitrogens with one attached hydrogen (secondary N) is 1. The lowest BCUT2D eigenvalue weighted by atomic mass is 10.0. The van der Waals surface area contributed by atoms with Crippen LogP contribution in [-0.2, 0) is 9.53 Å². The first kappa shape index (κ1) is 16.1. The molecule has 1 aromatic heterocycles. The van der Waals surface area contributed by atoms with E-state index in [2.05, 4.69) is 11.9 Å². The zero-order valence-corrected chi connectivity index (χ0v) is 14.4. The number of hydrogen-bond donors (Lipinski definition) is 1. The summed E-state index contributed by atoms with van der Waals surface area (Å²) in [5, 5.41) is 6.94. The van der Waals surface area contributed by atoms with E-state index in [1.807, 2.05) is 29.0 Å². The lowest BCUT2D eigenvalue weighted by Crippen LogP contribution is -2.46. The SMILES string of the molecule is C=CCO[C@H]1CCN2C(=O)c3cc(-c4ccsc4)ccc3NC(=O)[C@H]12. The summed E-state index contributed by atoms with van der Waals surface area (Å²) >= 11 is 1.61. The van der Waals surface area contributed by atoms with Crippen molar-refractivity contribution in [3.8, 4) is 11.1 Å².